The second kappa shape index (κ2) is 5.01. The summed E-state index contributed by atoms with van der Waals surface area (Å²) in [7, 11) is -4.31. The predicted molar refractivity (Wildman–Crippen MR) is 48.1 cm³/mol. The maximum atomic E-state index is 10.6. The van der Waals surface area contributed by atoms with E-state index in [1.54, 1.807) is 0 Å². The number of aliphatic hydroxyl groups is 3. The van der Waals surface area contributed by atoms with Crippen molar-refractivity contribution < 1.29 is 28.3 Å². The van der Waals surface area contributed by atoms with E-state index in [9.17, 15) is 8.42 Å². The van der Waals surface area contributed by atoms with E-state index in [1.165, 1.54) is 0 Å². The third kappa shape index (κ3) is 3.48. The number of rotatable bonds is 6. The summed E-state index contributed by atoms with van der Waals surface area (Å²) in [5.41, 5.74) is -1.52. The highest BCUT2D eigenvalue weighted by atomic mass is 32.2. The van der Waals surface area contributed by atoms with Crippen LogP contribution in [0.5, 0.6) is 0 Å². The molecule has 8 heteroatoms. The molecule has 0 aliphatic heterocycles. The Bertz CT molecular complexity index is 251. The Kier molecular flexibility index (Phi) is 4.92. The Labute approximate surface area is 82.1 Å². The summed E-state index contributed by atoms with van der Waals surface area (Å²) in [6.45, 7) is -0.829. The number of hydrogen-bond donors (Lipinski definition) is 5. The van der Waals surface area contributed by atoms with Gasteiger partial charge >= 0.3 is 0 Å². The fourth-order valence-electron chi connectivity index (χ4n) is 0.793. The molecule has 0 aliphatic carbocycles. The zero-order chi connectivity index (χ0) is 11.4. The summed E-state index contributed by atoms with van der Waals surface area (Å²) in [6.07, 6.45) is 0. The fourth-order valence-corrected chi connectivity index (χ4v) is 1.19. The molecule has 5 N–H and O–H groups in total. The van der Waals surface area contributed by atoms with Crippen molar-refractivity contribution in [3.05, 3.63) is 0 Å². The van der Waals surface area contributed by atoms with Crippen LogP contribution in [0.15, 0.2) is 0 Å². The first-order chi connectivity index (χ1) is 6.31. The predicted octanol–water partition coefficient (Wildman–Crippen LogP) is -2.47. The van der Waals surface area contributed by atoms with Crippen molar-refractivity contribution in [1.82, 2.24) is 5.32 Å². The van der Waals surface area contributed by atoms with Crippen LogP contribution < -0.4 is 5.32 Å². The van der Waals surface area contributed by atoms with E-state index in [1.807, 2.05) is 0 Å². The SMILES string of the molecule is CC(NC(CO)(CO)CO)S(=O)(=O)O. The maximum Gasteiger partial charge on any atom is 0.280 e. The van der Waals surface area contributed by atoms with Gasteiger partial charge in [0.05, 0.1) is 25.4 Å². The second-order valence-corrected chi connectivity index (χ2v) is 4.79. The first-order valence-electron chi connectivity index (χ1n) is 3.88. The van der Waals surface area contributed by atoms with Crippen molar-refractivity contribution in [3.63, 3.8) is 0 Å². The molecule has 0 aromatic carbocycles. The average Bonchev–Trinajstić information content (AvgIpc) is 2.12. The first-order valence-corrected chi connectivity index (χ1v) is 5.38. The minimum Gasteiger partial charge on any atom is -0.394 e. The Balaban J connectivity index is 4.61. The van der Waals surface area contributed by atoms with Gasteiger partial charge in [-0.05, 0) is 6.92 Å². The van der Waals surface area contributed by atoms with Crippen LogP contribution in [0.2, 0.25) is 0 Å². The normalized spacial score (nSPS) is 15.5. The van der Waals surface area contributed by atoms with Gasteiger partial charge < -0.3 is 15.3 Å². The fraction of sp³-hybridized carbons (Fsp3) is 1.00. The molecule has 0 aromatic rings. The van der Waals surface area contributed by atoms with Crippen molar-refractivity contribution in [2.24, 2.45) is 0 Å². The van der Waals surface area contributed by atoms with E-state index in [-0.39, 0.29) is 0 Å². The lowest BCUT2D eigenvalue weighted by molar-refractivity contribution is 0.0407. The summed E-state index contributed by atoms with van der Waals surface area (Å²) >= 11 is 0. The Morgan fingerprint density at radius 1 is 1.21 bits per heavy atom. The molecular weight excluding hydrogens is 214 g/mol. The van der Waals surface area contributed by atoms with Crippen LogP contribution in [0, 0.1) is 0 Å². The molecule has 14 heavy (non-hydrogen) atoms. The van der Waals surface area contributed by atoms with Crippen molar-refractivity contribution in [1.29, 1.82) is 0 Å². The molecule has 0 aromatic heterocycles. The average molecular weight is 229 g/mol. The van der Waals surface area contributed by atoms with Crippen molar-refractivity contribution in [2.75, 3.05) is 19.8 Å². The molecule has 0 bridgehead atoms. The molecule has 0 aliphatic rings. The Morgan fingerprint density at radius 2 is 1.57 bits per heavy atom. The monoisotopic (exact) mass is 229 g/mol. The summed E-state index contributed by atoms with van der Waals surface area (Å²) in [5, 5.41) is 27.3. The molecule has 0 saturated heterocycles. The molecule has 0 spiro atoms. The molecule has 7 nitrogen and oxygen atoms in total. The largest absolute Gasteiger partial charge is 0.394 e. The van der Waals surface area contributed by atoms with E-state index in [4.69, 9.17) is 19.9 Å². The summed E-state index contributed by atoms with van der Waals surface area (Å²) in [6, 6.07) is 0. The van der Waals surface area contributed by atoms with Gasteiger partial charge in [-0.2, -0.15) is 8.42 Å². The summed E-state index contributed by atoms with van der Waals surface area (Å²) in [4.78, 5) is 0. The Morgan fingerprint density at radius 3 is 1.79 bits per heavy atom. The third-order valence-electron chi connectivity index (χ3n) is 1.86. The first kappa shape index (κ1) is 13.8. The van der Waals surface area contributed by atoms with Crippen LogP contribution in [-0.2, 0) is 10.1 Å². The molecular formula is C6H15NO6S. The molecule has 0 amide bonds. The van der Waals surface area contributed by atoms with Gasteiger partial charge in [0, 0.05) is 0 Å². The van der Waals surface area contributed by atoms with Gasteiger partial charge in [0.2, 0.25) is 0 Å². The minimum absolute atomic E-state index is 0.653. The number of hydrogen-bond acceptors (Lipinski definition) is 6. The van der Waals surface area contributed by atoms with Crippen LogP contribution in [0.25, 0.3) is 0 Å². The minimum atomic E-state index is -4.31. The molecule has 0 fully saturated rings. The van der Waals surface area contributed by atoms with E-state index >= 15 is 0 Å². The van der Waals surface area contributed by atoms with E-state index in [0.29, 0.717) is 0 Å². The zero-order valence-corrected chi connectivity index (χ0v) is 8.53. The molecule has 86 valence electrons. The van der Waals surface area contributed by atoms with Gasteiger partial charge in [-0.1, -0.05) is 0 Å². The van der Waals surface area contributed by atoms with Crippen LogP contribution in [-0.4, -0.2) is 59.0 Å². The Hall–Kier alpha value is -0.250. The number of nitrogens with one attached hydrogen (secondary N) is 1. The van der Waals surface area contributed by atoms with E-state index in [0.717, 1.165) is 6.92 Å². The van der Waals surface area contributed by atoms with Gasteiger partial charge in [0.25, 0.3) is 10.1 Å². The molecule has 1 atom stereocenters. The highest BCUT2D eigenvalue weighted by Crippen LogP contribution is 2.06. The molecule has 0 saturated carbocycles. The molecule has 0 radical (unpaired) electrons. The molecule has 0 heterocycles. The van der Waals surface area contributed by atoms with Crippen LogP contribution in [0.4, 0.5) is 0 Å². The lowest BCUT2D eigenvalue weighted by Crippen LogP contribution is -2.59. The van der Waals surface area contributed by atoms with Crippen molar-refractivity contribution in [3.8, 4) is 0 Å². The van der Waals surface area contributed by atoms with Crippen molar-refractivity contribution >= 4 is 10.1 Å². The smallest absolute Gasteiger partial charge is 0.280 e. The highest BCUT2D eigenvalue weighted by molar-refractivity contribution is 7.86. The van der Waals surface area contributed by atoms with Gasteiger partial charge in [-0.25, -0.2) is 0 Å². The zero-order valence-electron chi connectivity index (χ0n) is 7.71. The second-order valence-electron chi connectivity index (χ2n) is 3.06. The quantitative estimate of drug-likeness (QED) is 0.319. The van der Waals surface area contributed by atoms with E-state index < -0.39 is 40.9 Å². The number of aliphatic hydroxyl groups excluding tert-OH is 3. The van der Waals surface area contributed by atoms with Crippen LogP contribution in [0.1, 0.15) is 6.92 Å². The van der Waals surface area contributed by atoms with Crippen LogP contribution >= 0.6 is 0 Å². The van der Waals surface area contributed by atoms with Gasteiger partial charge in [-0.3, -0.25) is 9.87 Å². The lowest BCUT2D eigenvalue weighted by Gasteiger charge is -2.30. The van der Waals surface area contributed by atoms with Crippen LogP contribution in [0.3, 0.4) is 0 Å². The van der Waals surface area contributed by atoms with E-state index in [2.05, 4.69) is 5.32 Å². The van der Waals surface area contributed by atoms with Gasteiger partial charge in [-0.15, -0.1) is 0 Å². The molecule has 0 rings (SSSR count). The summed E-state index contributed by atoms with van der Waals surface area (Å²) < 4.78 is 29.8. The lowest BCUT2D eigenvalue weighted by atomic mass is 10.0. The topological polar surface area (TPSA) is 127 Å². The van der Waals surface area contributed by atoms with Gasteiger partial charge in [0.1, 0.15) is 5.37 Å². The maximum absolute atomic E-state index is 10.6. The van der Waals surface area contributed by atoms with Gasteiger partial charge in [0.15, 0.2) is 0 Å². The standard InChI is InChI=1S/C6H15NO6S/c1-5(14(11,12)13)7-6(2-8,3-9)4-10/h5,7-10H,2-4H2,1H3,(H,11,12,13). The van der Waals surface area contributed by atoms with Crippen molar-refractivity contribution in [2.45, 2.75) is 17.8 Å². The summed E-state index contributed by atoms with van der Waals surface area (Å²) in [5.74, 6) is 0. The third-order valence-corrected chi connectivity index (χ3v) is 2.88. The molecule has 1 unspecified atom stereocenters. The highest BCUT2D eigenvalue weighted by Gasteiger charge is 2.33.